The molecule has 0 aliphatic carbocycles. The number of anilines is 1. The summed E-state index contributed by atoms with van der Waals surface area (Å²) in [4.78, 5) is 7.36. The third kappa shape index (κ3) is 4.63. The van der Waals surface area contributed by atoms with E-state index in [1.807, 2.05) is 24.3 Å². The topological polar surface area (TPSA) is 15.6 Å². The van der Waals surface area contributed by atoms with E-state index >= 15 is 0 Å². The summed E-state index contributed by atoms with van der Waals surface area (Å²) in [6.07, 6.45) is 2.21. The Balaban J connectivity index is 1.77. The fourth-order valence-electron chi connectivity index (χ4n) is 3.73. The molecule has 1 aliphatic heterocycles. The Hall–Kier alpha value is -2.49. The number of hydrogen-bond donors (Lipinski definition) is 0. The predicted molar refractivity (Wildman–Crippen MR) is 132 cm³/mol. The number of amidine groups is 1. The number of rotatable bonds is 4. The molecule has 3 aromatic carbocycles. The minimum Gasteiger partial charge on any atom is -0.294 e. The van der Waals surface area contributed by atoms with Crippen molar-refractivity contribution in [1.82, 2.24) is 0 Å². The van der Waals surface area contributed by atoms with Crippen LogP contribution in [0.1, 0.15) is 37.1 Å². The van der Waals surface area contributed by atoms with Crippen LogP contribution in [0.3, 0.4) is 0 Å². The van der Waals surface area contributed by atoms with E-state index in [-0.39, 0.29) is 10.8 Å². The largest absolute Gasteiger partial charge is 0.294 e. The highest BCUT2D eigenvalue weighted by molar-refractivity contribution is 8.14. The average molecular weight is 433 g/mol. The van der Waals surface area contributed by atoms with E-state index in [1.54, 1.807) is 11.8 Å². The van der Waals surface area contributed by atoms with Crippen molar-refractivity contribution < 1.29 is 0 Å². The minimum atomic E-state index is -0.257. The van der Waals surface area contributed by atoms with Gasteiger partial charge in [-0.3, -0.25) is 9.89 Å². The summed E-state index contributed by atoms with van der Waals surface area (Å²) in [5.41, 5.74) is 4.50. The first-order chi connectivity index (χ1) is 14.4. The lowest BCUT2D eigenvalue weighted by molar-refractivity contribution is 0.642. The monoisotopic (exact) mass is 432 g/mol. The average Bonchev–Trinajstić information content (AvgIpc) is 2.73. The van der Waals surface area contributed by atoms with Crippen LogP contribution < -0.4 is 4.90 Å². The van der Waals surface area contributed by atoms with Crippen molar-refractivity contribution in [2.75, 3.05) is 4.90 Å². The summed E-state index contributed by atoms with van der Waals surface area (Å²) in [7, 11) is 0. The zero-order chi connectivity index (χ0) is 21.1. The Kier molecular flexibility index (Phi) is 6.03. The van der Waals surface area contributed by atoms with E-state index in [0.29, 0.717) is 0 Å². The number of hydrogen-bond acceptors (Lipinski definition) is 3. The van der Waals surface area contributed by atoms with Crippen LogP contribution in [0, 0.1) is 0 Å². The number of thioether (sulfide) groups is 1. The molecule has 4 heteroatoms. The van der Waals surface area contributed by atoms with Gasteiger partial charge in [-0.25, -0.2) is 0 Å². The van der Waals surface area contributed by atoms with E-state index in [1.165, 1.54) is 16.8 Å². The molecule has 0 amide bonds. The summed E-state index contributed by atoms with van der Waals surface area (Å²) >= 11 is 7.93. The third-order valence-corrected chi connectivity index (χ3v) is 6.52. The van der Waals surface area contributed by atoms with Crippen LogP contribution in [0.5, 0.6) is 0 Å². The fraction of sp³-hybridized carbons (Fsp3) is 0.192. The lowest BCUT2D eigenvalue weighted by Crippen LogP contribution is -2.36. The number of benzene rings is 3. The van der Waals surface area contributed by atoms with Gasteiger partial charge in [-0.2, -0.15) is 0 Å². The summed E-state index contributed by atoms with van der Waals surface area (Å²) in [5.74, 6) is 0. The highest BCUT2D eigenvalue weighted by Gasteiger charge is 2.30. The molecule has 0 spiro atoms. The summed E-state index contributed by atoms with van der Waals surface area (Å²) < 4.78 is 0. The molecule has 0 N–H and O–H groups in total. The fourth-order valence-corrected chi connectivity index (χ4v) is 5.29. The Morgan fingerprint density at radius 3 is 1.90 bits per heavy atom. The molecule has 1 aliphatic rings. The van der Waals surface area contributed by atoms with Crippen molar-refractivity contribution in [3.8, 4) is 0 Å². The van der Waals surface area contributed by atoms with Gasteiger partial charge in [0.05, 0.1) is 10.8 Å². The second-order valence-electron chi connectivity index (χ2n) is 7.96. The summed E-state index contributed by atoms with van der Waals surface area (Å²) in [5, 5.41) is 1.86. The molecule has 0 atom stereocenters. The van der Waals surface area contributed by atoms with Gasteiger partial charge in [0, 0.05) is 16.4 Å². The van der Waals surface area contributed by atoms with Gasteiger partial charge in [0.1, 0.15) is 0 Å². The van der Waals surface area contributed by atoms with Gasteiger partial charge in [-0.1, -0.05) is 84.0 Å². The molecule has 1 heterocycles. The molecular weight excluding hydrogens is 408 g/mol. The first-order valence-corrected chi connectivity index (χ1v) is 11.3. The van der Waals surface area contributed by atoms with Crippen LogP contribution >= 0.6 is 23.4 Å². The quantitative estimate of drug-likeness (QED) is 0.419. The zero-order valence-corrected chi connectivity index (χ0v) is 19.0. The van der Waals surface area contributed by atoms with Gasteiger partial charge in [0.2, 0.25) is 0 Å². The standard InChI is InChI=1S/C26H25ClN2S/c1-19-18-26(2,3)28-25(29(19)23-16-14-22(27)15-17-23)30-24(20-10-6-4-7-11-20)21-12-8-5-9-13-21/h4-18,24H,1-3H3. The Bertz CT molecular complexity index is 1020. The van der Waals surface area contributed by atoms with Gasteiger partial charge < -0.3 is 0 Å². The molecule has 0 saturated heterocycles. The number of allylic oxidation sites excluding steroid dienone is 1. The van der Waals surface area contributed by atoms with Gasteiger partial charge in [0.15, 0.2) is 5.17 Å². The Morgan fingerprint density at radius 1 is 0.833 bits per heavy atom. The molecule has 0 bridgehead atoms. The second-order valence-corrected chi connectivity index (χ2v) is 9.47. The first kappa shape index (κ1) is 20.8. The van der Waals surface area contributed by atoms with E-state index in [4.69, 9.17) is 16.6 Å². The van der Waals surface area contributed by atoms with Crippen molar-refractivity contribution >= 4 is 34.2 Å². The molecule has 2 nitrogen and oxygen atoms in total. The predicted octanol–water partition coefficient (Wildman–Crippen LogP) is 7.72. The maximum absolute atomic E-state index is 6.14. The molecule has 0 radical (unpaired) electrons. The molecule has 30 heavy (non-hydrogen) atoms. The summed E-state index contributed by atoms with van der Waals surface area (Å²) in [6.45, 7) is 6.44. The van der Waals surface area contributed by atoms with Crippen LogP contribution in [0.4, 0.5) is 5.69 Å². The molecule has 0 fully saturated rings. The number of aliphatic imine (C=N–C) groups is 1. The van der Waals surface area contributed by atoms with E-state index < -0.39 is 0 Å². The van der Waals surface area contributed by atoms with Gasteiger partial charge in [-0.05, 0) is 62.2 Å². The van der Waals surface area contributed by atoms with Gasteiger partial charge in [0.25, 0.3) is 0 Å². The van der Waals surface area contributed by atoms with Crippen molar-refractivity contribution in [2.24, 2.45) is 4.99 Å². The first-order valence-electron chi connectivity index (χ1n) is 10.0. The second kappa shape index (κ2) is 8.71. The highest BCUT2D eigenvalue weighted by atomic mass is 35.5. The van der Waals surface area contributed by atoms with E-state index in [9.17, 15) is 0 Å². The molecule has 0 saturated carbocycles. The molecule has 3 aromatic rings. The number of halogens is 1. The SMILES string of the molecule is CC1=CC(C)(C)N=C(SC(c2ccccc2)c2ccccc2)N1c1ccc(Cl)cc1. The molecule has 0 unspecified atom stereocenters. The van der Waals surface area contributed by atoms with Crippen LogP contribution in [-0.2, 0) is 0 Å². The van der Waals surface area contributed by atoms with Crippen molar-refractivity contribution in [2.45, 2.75) is 31.6 Å². The van der Waals surface area contributed by atoms with Crippen molar-refractivity contribution in [3.05, 3.63) is 113 Å². The van der Waals surface area contributed by atoms with E-state index in [0.717, 1.165) is 15.9 Å². The molecule has 0 aromatic heterocycles. The molecule has 152 valence electrons. The lowest BCUT2D eigenvalue weighted by Gasteiger charge is -2.36. The Morgan fingerprint density at radius 2 is 1.37 bits per heavy atom. The van der Waals surface area contributed by atoms with Crippen LogP contribution in [0.2, 0.25) is 5.02 Å². The molecule has 4 rings (SSSR count). The highest BCUT2D eigenvalue weighted by Crippen LogP contribution is 2.41. The van der Waals surface area contributed by atoms with E-state index in [2.05, 4.69) is 92.4 Å². The minimum absolute atomic E-state index is 0.141. The zero-order valence-electron chi connectivity index (χ0n) is 17.4. The van der Waals surface area contributed by atoms with Crippen molar-refractivity contribution in [1.29, 1.82) is 0 Å². The van der Waals surface area contributed by atoms with Crippen molar-refractivity contribution in [3.63, 3.8) is 0 Å². The maximum atomic E-state index is 6.14. The molecular formula is C26H25ClN2S. The third-order valence-electron chi connectivity index (χ3n) is 5.00. The Labute approximate surface area is 188 Å². The lowest BCUT2D eigenvalue weighted by atomic mass is 10.0. The summed E-state index contributed by atoms with van der Waals surface area (Å²) in [6, 6.07) is 29.2. The van der Waals surface area contributed by atoms with Gasteiger partial charge in [-0.15, -0.1) is 0 Å². The van der Waals surface area contributed by atoms with Crippen LogP contribution in [-0.4, -0.2) is 10.7 Å². The van der Waals surface area contributed by atoms with Gasteiger partial charge >= 0.3 is 0 Å². The smallest absolute Gasteiger partial charge is 0.169 e. The normalized spacial score (nSPS) is 15.7. The van der Waals surface area contributed by atoms with Crippen LogP contribution in [0.15, 0.2) is 102 Å². The number of nitrogens with zero attached hydrogens (tertiary/aromatic N) is 2. The van der Waals surface area contributed by atoms with Crippen LogP contribution in [0.25, 0.3) is 0 Å². The maximum Gasteiger partial charge on any atom is 0.169 e.